The minimum absolute atomic E-state index is 0.0974. The van der Waals surface area contributed by atoms with E-state index in [9.17, 15) is 4.79 Å². The van der Waals surface area contributed by atoms with E-state index in [1.807, 2.05) is 49.2 Å². The highest BCUT2D eigenvalue weighted by Crippen LogP contribution is 2.36. The molecule has 0 radical (unpaired) electrons. The predicted octanol–water partition coefficient (Wildman–Crippen LogP) is 3.45. The number of pyridine rings is 1. The number of aryl methyl sites for hydroxylation is 1. The van der Waals surface area contributed by atoms with Gasteiger partial charge in [0.2, 0.25) is 5.91 Å². The average Bonchev–Trinajstić information content (AvgIpc) is 3.12. The fraction of sp³-hybridized carbons (Fsp3) is 0.333. The number of para-hydroxylation sites is 1. The molecule has 134 valence electrons. The normalized spacial score (nSPS) is 20.2. The maximum Gasteiger partial charge on any atom is 0.223 e. The summed E-state index contributed by atoms with van der Waals surface area (Å²) in [5, 5.41) is 4.70. The quantitative estimate of drug-likeness (QED) is 0.766. The molecule has 1 amide bonds. The molecule has 5 nitrogen and oxygen atoms in total. The number of nitrogens with zero attached hydrogens (tertiary/aromatic N) is 2. The fourth-order valence-electron chi connectivity index (χ4n) is 4.01. The monoisotopic (exact) mass is 349 g/mol. The lowest BCUT2D eigenvalue weighted by molar-refractivity contribution is -0.127. The number of hydrogen-bond donors (Lipinski definition) is 1. The Morgan fingerprint density at radius 2 is 2.00 bits per heavy atom. The van der Waals surface area contributed by atoms with Crippen LogP contribution in [0.3, 0.4) is 0 Å². The Morgan fingerprint density at radius 3 is 2.81 bits per heavy atom. The van der Waals surface area contributed by atoms with E-state index in [1.165, 1.54) is 5.56 Å². The summed E-state index contributed by atoms with van der Waals surface area (Å²) < 4.78 is 5.84. The second kappa shape index (κ2) is 6.92. The Morgan fingerprint density at radius 1 is 1.23 bits per heavy atom. The molecule has 0 aliphatic carbocycles. The van der Waals surface area contributed by atoms with E-state index in [2.05, 4.69) is 16.4 Å². The molecule has 5 heteroatoms. The van der Waals surface area contributed by atoms with Crippen LogP contribution in [0.5, 0.6) is 0 Å². The minimum Gasteiger partial charge on any atom is -0.461 e. The van der Waals surface area contributed by atoms with Crippen molar-refractivity contribution in [1.29, 1.82) is 0 Å². The highest BCUT2D eigenvalue weighted by molar-refractivity contribution is 5.82. The number of furan rings is 1. The Balaban J connectivity index is 1.48. The van der Waals surface area contributed by atoms with E-state index in [-0.39, 0.29) is 17.9 Å². The van der Waals surface area contributed by atoms with Gasteiger partial charge in [-0.2, -0.15) is 0 Å². The van der Waals surface area contributed by atoms with Crippen LogP contribution in [-0.4, -0.2) is 29.4 Å². The molecule has 1 aliphatic heterocycles. The number of likely N-dealkylation sites (tertiary alicyclic amines) is 1. The average molecular weight is 349 g/mol. The van der Waals surface area contributed by atoms with Crippen LogP contribution in [-0.2, 0) is 11.3 Å². The SMILES string of the molecule is Cc1oc2ccccc2c1CNC[C@@H]1CC(=O)N(C)[C@H]1c1ccncc1. The molecule has 26 heavy (non-hydrogen) atoms. The van der Waals surface area contributed by atoms with Crippen LogP contribution in [0.1, 0.15) is 29.3 Å². The largest absolute Gasteiger partial charge is 0.461 e. The summed E-state index contributed by atoms with van der Waals surface area (Å²) in [4.78, 5) is 18.2. The van der Waals surface area contributed by atoms with Gasteiger partial charge in [-0.15, -0.1) is 0 Å². The van der Waals surface area contributed by atoms with Crippen molar-refractivity contribution in [2.75, 3.05) is 13.6 Å². The third-order valence-electron chi connectivity index (χ3n) is 5.35. The van der Waals surface area contributed by atoms with Gasteiger partial charge in [-0.1, -0.05) is 18.2 Å². The molecule has 1 N–H and O–H groups in total. The molecule has 2 aromatic heterocycles. The third kappa shape index (κ3) is 2.99. The number of rotatable bonds is 5. The van der Waals surface area contributed by atoms with Gasteiger partial charge in [-0.3, -0.25) is 9.78 Å². The second-order valence-corrected chi connectivity index (χ2v) is 6.96. The zero-order valence-corrected chi connectivity index (χ0v) is 15.1. The fourth-order valence-corrected chi connectivity index (χ4v) is 4.01. The van der Waals surface area contributed by atoms with Crippen molar-refractivity contribution in [3.63, 3.8) is 0 Å². The minimum atomic E-state index is 0.0974. The van der Waals surface area contributed by atoms with Gasteiger partial charge in [-0.05, 0) is 30.7 Å². The first-order valence-electron chi connectivity index (χ1n) is 8.98. The van der Waals surface area contributed by atoms with E-state index in [4.69, 9.17) is 4.42 Å². The van der Waals surface area contributed by atoms with Crippen molar-refractivity contribution in [1.82, 2.24) is 15.2 Å². The van der Waals surface area contributed by atoms with E-state index in [0.29, 0.717) is 6.42 Å². The van der Waals surface area contributed by atoms with Crippen molar-refractivity contribution in [2.24, 2.45) is 5.92 Å². The lowest BCUT2D eigenvalue weighted by Crippen LogP contribution is -2.29. The molecule has 3 heterocycles. The molecular weight excluding hydrogens is 326 g/mol. The summed E-state index contributed by atoms with van der Waals surface area (Å²) in [5.41, 5.74) is 3.26. The second-order valence-electron chi connectivity index (χ2n) is 6.96. The maximum absolute atomic E-state index is 12.3. The number of carbonyl (C=O) groups is 1. The number of carbonyl (C=O) groups excluding carboxylic acids is 1. The van der Waals surface area contributed by atoms with Crippen LogP contribution in [0.4, 0.5) is 0 Å². The molecule has 0 saturated carbocycles. The molecule has 0 bridgehead atoms. The topological polar surface area (TPSA) is 58.4 Å². The Labute approximate surface area is 153 Å². The van der Waals surface area contributed by atoms with E-state index < -0.39 is 0 Å². The number of amides is 1. The van der Waals surface area contributed by atoms with Gasteiger partial charge in [0.25, 0.3) is 0 Å². The van der Waals surface area contributed by atoms with E-state index >= 15 is 0 Å². The third-order valence-corrected chi connectivity index (χ3v) is 5.35. The zero-order valence-electron chi connectivity index (χ0n) is 15.1. The number of nitrogens with one attached hydrogen (secondary N) is 1. The molecule has 1 saturated heterocycles. The van der Waals surface area contributed by atoms with Crippen molar-refractivity contribution >= 4 is 16.9 Å². The highest BCUT2D eigenvalue weighted by atomic mass is 16.3. The first kappa shape index (κ1) is 16.8. The lowest BCUT2D eigenvalue weighted by atomic mass is 9.94. The van der Waals surface area contributed by atoms with Gasteiger partial charge < -0.3 is 14.6 Å². The van der Waals surface area contributed by atoms with Gasteiger partial charge in [0.15, 0.2) is 0 Å². The molecule has 2 atom stereocenters. The van der Waals surface area contributed by atoms with Crippen molar-refractivity contribution in [3.05, 3.63) is 65.7 Å². The Hall–Kier alpha value is -2.66. The van der Waals surface area contributed by atoms with Gasteiger partial charge in [0.05, 0.1) is 6.04 Å². The van der Waals surface area contributed by atoms with Crippen LogP contribution in [0.2, 0.25) is 0 Å². The molecule has 0 spiro atoms. The summed E-state index contributed by atoms with van der Waals surface area (Å²) in [6.45, 7) is 3.52. The maximum atomic E-state index is 12.3. The lowest BCUT2D eigenvalue weighted by Gasteiger charge is -2.25. The standard InChI is InChI=1S/C21H23N3O2/c1-14-18(17-5-3-4-6-19(17)26-14)13-23-12-16-11-20(25)24(2)21(16)15-7-9-22-10-8-15/h3-10,16,21,23H,11-13H2,1-2H3/t16-,21-/m0/s1. The van der Waals surface area contributed by atoms with E-state index in [1.54, 1.807) is 12.4 Å². The number of fused-ring (bicyclic) bond motifs is 1. The number of hydrogen-bond acceptors (Lipinski definition) is 4. The predicted molar refractivity (Wildman–Crippen MR) is 101 cm³/mol. The van der Waals surface area contributed by atoms with Crippen LogP contribution in [0.15, 0.2) is 53.2 Å². The highest BCUT2D eigenvalue weighted by Gasteiger charge is 2.38. The first-order chi connectivity index (χ1) is 12.6. The number of aromatic nitrogens is 1. The van der Waals surface area contributed by atoms with Crippen molar-refractivity contribution < 1.29 is 9.21 Å². The van der Waals surface area contributed by atoms with Gasteiger partial charge in [-0.25, -0.2) is 0 Å². The van der Waals surface area contributed by atoms with Crippen LogP contribution < -0.4 is 5.32 Å². The van der Waals surface area contributed by atoms with Gasteiger partial charge >= 0.3 is 0 Å². The van der Waals surface area contributed by atoms with Crippen LogP contribution >= 0.6 is 0 Å². The summed E-state index contributed by atoms with van der Waals surface area (Å²) >= 11 is 0. The first-order valence-corrected chi connectivity index (χ1v) is 8.98. The van der Waals surface area contributed by atoms with Crippen LogP contribution in [0, 0.1) is 12.8 Å². The summed E-state index contributed by atoms with van der Waals surface area (Å²) in [7, 11) is 1.89. The smallest absolute Gasteiger partial charge is 0.223 e. The summed E-state index contributed by atoms with van der Waals surface area (Å²) in [6, 6.07) is 12.2. The van der Waals surface area contributed by atoms with Crippen molar-refractivity contribution in [2.45, 2.75) is 25.9 Å². The molecule has 4 rings (SSSR count). The molecule has 3 aromatic rings. The summed E-state index contributed by atoms with van der Waals surface area (Å²) in [5.74, 6) is 1.39. The number of benzene rings is 1. The summed E-state index contributed by atoms with van der Waals surface area (Å²) in [6.07, 6.45) is 4.15. The molecule has 1 aromatic carbocycles. The zero-order chi connectivity index (χ0) is 18.1. The Kier molecular flexibility index (Phi) is 4.47. The van der Waals surface area contributed by atoms with E-state index in [0.717, 1.165) is 35.4 Å². The van der Waals surface area contributed by atoms with Gasteiger partial charge in [0, 0.05) is 55.8 Å². The molecule has 1 fully saturated rings. The Bertz CT molecular complexity index is 919. The molecule has 0 unspecified atom stereocenters. The van der Waals surface area contributed by atoms with Crippen molar-refractivity contribution in [3.8, 4) is 0 Å². The van der Waals surface area contributed by atoms with Crippen LogP contribution in [0.25, 0.3) is 11.0 Å². The molecule has 1 aliphatic rings. The molecular formula is C21H23N3O2. The van der Waals surface area contributed by atoms with Gasteiger partial charge in [0.1, 0.15) is 11.3 Å².